The van der Waals surface area contributed by atoms with Gasteiger partial charge in [0.1, 0.15) is 0 Å². The molecule has 0 rings (SSSR count). The molecule has 0 aromatic carbocycles. The molecule has 0 fully saturated rings. The molecule has 0 saturated carbocycles. The molecule has 13 heavy (non-hydrogen) atoms. The fraction of sp³-hybridized carbons (Fsp3) is 0.889. The van der Waals surface area contributed by atoms with Gasteiger partial charge < -0.3 is 4.74 Å². The van der Waals surface area contributed by atoms with E-state index in [1.54, 1.807) is 0 Å². The molecule has 1 unspecified atom stereocenters. The van der Waals surface area contributed by atoms with Gasteiger partial charge in [0.05, 0.1) is 6.61 Å². The summed E-state index contributed by atoms with van der Waals surface area (Å²) in [5, 5.41) is 0. The highest BCUT2D eigenvalue weighted by molar-refractivity contribution is 5.38. The van der Waals surface area contributed by atoms with Crippen LogP contribution in [0, 0.1) is 5.92 Å². The summed E-state index contributed by atoms with van der Waals surface area (Å²) < 4.78 is 28.1. The summed E-state index contributed by atoms with van der Waals surface area (Å²) >= 11 is 0. The summed E-state index contributed by atoms with van der Waals surface area (Å²) in [5.41, 5.74) is 0. The van der Waals surface area contributed by atoms with E-state index in [9.17, 15) is 13.6 Å². The third kappa shape index (κ3) is 7.68. The number of alkyl halides is 2. The lowest BCUT2D eigenvalue weighted by molar-refractivity contribution is 0.116. The van der Waals surface area contributed by atoms with Crippen LogP contribution >= 0.6 is 0 Å². The van der Waals surface area contributed by atoms with E-state index in [0.29, 0.717) is 6.42 Å². The smallest absolute Gasteiger partial charge is 0.417 e. The Labute approximate surface area is 77.3 Å². The second kappa shape index (κ2) is 7.95. The molecule has 0 aromatic rings. The summed E-state index contributed by atoms with van der Waals surface area (Å²) in [7, 11) is 0. The van der Waals surface area contributed by atoms with E-state index in [2.05, 4.69) is 4.74 Å². The van der Waals surface area contributed by atoms with Gasteiger partial charge in [-0.15, -0.1) is 0 Å². The first kappa shape index (κ1) is 12.3. The molecule has 0 saturated heterocycles. The molecule has 0 amide bonds. The van der Waals surface area contributed by atoms with Gasteiger partial charge in [-0.3, -0.25) is 0 Å². The number of ether oxygens (including phenoxy) is 1. The molecule has 0 aliphatic rings. The van der Waals surface area contributed by atoms with E-state index in [1.807, 2.05) is 6.92 Å². The molecule has 0 aliphatic heterocycles. The van der Waals surface area contributed by atoms with Crippen LogP contribution in [-0.2, 0) is 9.53 Å². The summed E-state index contributed by atoms with van der Waals surface area (Å²) in [6.07, 6.45) is -0.246. The van der Waals surface area contributed by atoms with Crippen LogP contribution in [0.1, 0.15) is 32.6 Å². The van der Waals surface area contributed by atoms with Crippen molar-refractivity contribution in [1.29, 1.82) is 0 Å². The number of hydrogen-bond acceptors (Lipinski definition) is 2. The number of hydrogen-bond donors (Lipinski definition) is 0. The van der Waals surface area contributed by atoms with E-state index < -0.39 is 6.43 Å². The van der Waals surface area contributed by atoms with Crippen molar-refractivity contribution in [3.05, 3.63) is 0 Å². The Morgan fingerprint density at radius 3 is 2.46 bits per heavy atom. The van der Waals surface area contributed by atoms with Crippen molar-refractivity contribution < 1.29 is 18.3 Å². The van der Waals surface area contributed by atoms with Crippen LogP contribution in [-0.4, -0.2) is 19.5 Å². The van der Waals surface area contributed by atoms with Crippen molar-refractivity contribution in [2.45, 2.75) is 39.0 Å². The fourth-order valence-electron chi connectivity index (χ4n) is 1.23. The van der Waals surface area contributed by atoms with E-state index in [0.717, 1.165) is 12.8 Å². The lowest BCUT2D eigenvalue weighted by Gasteiger charge is -2.13. The molecule has 0 aliphatic carbocycles. The number of halogens is 2. The second-order valence-electron chi connectivity index (χ2n) is 3.02. The Kier molecular flexibility index (Phi) is 7.54. The minimum Gasteiger partial charge on any atom is -0.457 e. The summed E-state index contributed by atoms with van der Waals surface area (Å²) in [5.74, 6) is 0.0560. The molecular weight excluding hydrogens is 178 g/mol. The van der Waals surface area contributed by atoms with Crippen molar-refractivity contribution in [2.75, 3.05) is 6.61 Å². The fourth-order valence-corrected chi connectivity index (χ4v) is 1.23. The van der Waals surface area contributed by atoms with E-state index in [-0.39, 0.29) is 18.9 Å². The first-order valence-electron chi connectivity index (χ1n) is 4.47. The number of carbonyl (C=O) groups excluding carboxylic acids is 1. The van der Waals surface area contributed by atoms with Crippen LogP contribution in [0.25, 0.3) is 0 Å². The maximum absolute atomic E-state index is 11.8. The Hall–Kier alpha value is -0.670. The van der Waals surface area contributed by atoms with E-state index in [4.69, 9.17) is 0 Å². The molecule has 0 bridgehead atoms. The Morgan fingerprint density at radius 1 is 1.31 bits per heavy atom. The molecule has 0 N–H and O–H groups in total. The second-order valence-corrected chi connectivity index (χ2v) is 3.02. The summed E-state index contributed by atoms with van der Waals surface area (Å²) in [6, 6.07) is 0. The monoisotopic (exact) mass is 193 g/mol. The van der Waals surface area contributed by atoms with Crippen molar-refractivity contribution in [3.8, 4) is 0 Å². The molecule has 0 aromatic heterocycles. The van der Waals surface area contributed by atoms with E-state index in [1.165, 1.54) is 6.47 Å². The molecule has 2 nitrogen and oxygen atoms in total. The van der Waals surface area contributed by atoms with Gasteiger partial charge in [-0.2, -0.15) is 0 Å². The predicted molar refractivity (Wildman–Crippen MR) is 45.3 cm³/mol. The zero-order chi connectivity index (χ0) is 10.1. The zero-order valence-electron chi connectivity index (χ0n) is 7.76. The maximum atomic E-state index is 11.8. The molecular formula is C9H15F2O2. The Bertz CT molecular complexity index is 129. The quantitative estimate of drug-likeness (QED) is 0.592. The van der Waals surface area contributed by atoms with Gasteiger partial charge in [0.2, 0.25) is 6.43 Å². The van der Waals surface area contributed by atoms with Gasteiger partial charge in [0.15, 0.2) is 0 Å². The van der Waals surface area contributed by atoms with Crippen LogP contribution < -0.4 is 0 Å². The molecule has 77 valence electrons. The van der Waals surface area contributed by atoms with Crippen molar-refractivity contribution in [2.24, 2.45) is 5.92 Å². The Balaban J connectivity index is 3.59. The van der Waals surface area contributed by atoms with Crippen molar-refractivity contribution in [3.63, 3.8) is 0 Å². The molecule has 0 spiro atoms. The van der Waals surface area contributed by atoms with Crippen LogP contribution in [0.4, 0.5) is 8.78 Å². The van der Waals surface area contributed by atoms with Gasteiger partial charge in [0, 0.05) is 6.42 Å². The molecule has 1 atom stereocenters. The first-order valence-corrected chi connectivity index (χ1v) is 4.47. The molecule has 0 heterocycles. The topological polar surface area (TPSA) is 26.3 Å². The van der Waals surface area contributed by atoms with Gasteiger partial charge in [-0.1, -0.05) is 13.3 Å². The molecule has 4 heteroatoms. The van der Waals surface area contributed by atoms with Gasteiger partial charge in [-0.25, -0.2) is 13.6 Å². The van der Waals surface area contributed by atoms with Crippen LogP contribution in [0.15, 0.2) is 0 Å². The van der Waals surface area contributed by atoms with Crippen LogP contribution in [0.2, 0.25) is 0 Å². The minimum absolute atomic E-state index is 0.0560. The van der Waals surface area contributed by atoms with Crippen molar-refractivity contribution >= 4 is 6.47 Å². The largest absolute Gasteiger partial charge is 0.457 e. The van der Waals surface area contributed by atoms with E-state index >= 15 is 0 Å². The highest BCUT2D eigenvalue weighted by Crippen LogP contribution is 2.16. The van der Waals surface area contributed by atoms with Crippen molar-refractivity contribution in [1.82, 2.24) is 0 Å². The molecule has 1 radical (unpaired) electrons. The third-order valence-corrected chi connectivity index (χ3v) is 1.87. The summed E-state index contributed by atoms with van der Waals surface area (Å²) in [6.45, 7) is 3.49. The van der Waals surface area contributed by atoms with Gasteiger partial charge in [0.25, 0.3) is 0 Å². The highest BCUT2D eigenvalue weighted by atomic mass is 19.3. The average molecular weight is 193 g/mol. The maximum Gasteiger partial charge on any atom is 0.417 e. The van der Waals surface area contributed by atoms with Gasteiger partial charge in [-0.05, 0) is 18.8 Å². The first-order chi connectivity index (χ1) is 6.20. The van der Waals surface area contributed by atoms with Crippen LogP contribution in [0.5, 0.6) is 0 Å². The lowest BCUT2D eigenvalue weighted by Crippen LogP contribution is -2.10. The lowest BCUT2D eigenvalue weighted by atomic mass is 9.99. The number of rotatable bonds is 8. The van der Waals surface area contributed by atoms with Gasteiger partial charge >= 0.3 is 6.47 Å². The SMILES string of the molecule is CCCC(CCC(F)F)CO[C]=O. The predicted octanol–water partition coefficient (Wildman–Crippen LogP) is 2.53. The third-order valence-electron chi connectivity index (χ3n) is 1.87. The van der Waals surface area contributed by atoms with Crippen LogP contribution in [0.3, 0.4) is 0 Å². The zero-order valence-corrected chi connectivity index (χ0v) is 7.76. The minimum atomic E-state index is -2.26. The average Bonchev–Trinajstić information content (AvgIpc) is 2.09. The standard InChI is InChI=1S/C9H15F2O2/c1-2-3-8(6-13-7-12)4-5-9(10)11/h8-9H,2-6H2,1H3. The highest BCUT2D eigenvalue weighted by Gasteiger charge is 2.11. The summed E-state index contributed by atoms with van der Waals surface area (Å²) in [4.78, 5) is 9.76. The normalized spacial score (nSPS) is 12.9. The Morgan fingerprint density at radius 2 is 2.00 bits per heavy atom.